The fourth-order valence-corrected chi connectivity index (χ4v) is 6.67. The van der Waals surface area contributed by atoms with Gasteiger partial charge in [-0.3, -0.25) is 14.4 Å². The second kappa shape index (κ2) is 14.4. The van der Waals surface area contributed by atoms with Gasteiger partial charge in [0, 0.05) is 19.2 Å². The van der Waals surface area contributed by atoms with Crippen LogP contribution in [0.4, 0.5) is 0 Å². The van der Waals surface area contributed by atoms with Crippen LogP contribution in [0, 0.1) is 16.7 Å². The molecule has 2 atom stereocenters. The molecule has 1 aromatic rings. The zero-order valence-corrected chi connectivity index (χ0v) is 26.9. The van der Waals surface area contributed by atoms with Gasteiger partial charge in [0.15, 0.2) is 0 Å². The highest BCUT2D eigenvalue weighted by Crippen LogP contribution is 2.40. The maximum Gasteiger partial charge on any atom is 0.260 e. The van der Waals surface area contributed by atoms with Crippen molar-refractivity contribution < 1.29 is 22.8 Å². The van der Waals surface area contributed by atoms with Crippen molar-refractivity contribution in [2.75, 3.05) is 20.6 Å². The molecule has 0 aliphatic heterocycles. The lowest BCUT2D eigenvalue weighted by molar-refractivity contribution is -0.139. The first-order valence-electron chi connectivity index (χ1n) is 14.5. The van der Waals surface area contributed by atoms with Crippen LogP contribution in [0.1, 0.15) is 79.2 Å². The zero-order chi connectivity index (χ0) is 31.0. The van der Waals surface area contributed by atoms with Crippen molar-refractivity contribution in [1.82, 2.24) is 20.3 Å². The number of sulfonamides is 1. The minimum atomic E-state index is -3.89. The third-order valence-corrected chi connectivity index (χ3v) is 9.42. The Labute approximate surface area is 247 Å². The van der Waals surface area contributed by atoms with Gasteiger partial charge in [0.05, 0.1) is 11.8 Å². The summed E-state index contributed by atoms with van der Waals surface area (Å²) in [5.74, 6) is -1.15. The molecule has 0 saturated heterocycles. The highest BCUT2D eigenvalue weighted by molar-refractivity contribution is 7.89. The van der Waals surface area contributed by atoms with Crippen molar-refractivity contribution in [1.29, 1.82) is 0 Å². The Balaban J connectivity index is 2.08. The minimum Gasteiger partial charge on any atom is -0.342 e. The zero-order valence-electron chi connectivity index (χ0n) is 26.0. The van der Waals surface area contributed by atoms with E-state index in [1.807, 2.05) is 20.8 Å². The van der Waals surface area contributed by atoms with E-state index in [-0.39, 0.29) is 35.1 Å². The topological polar surface area (TPSA) is 125 Å². The van der Waals surface area contributed by atoms with E-state index in [2.05, 4.69) is 29.2 Å². The Kier molecular flexibility index (Phi) is 12.1. The molecule has 1 saturated carbocycles. The molecule has 9 nitrogen and oxygen atoms in total. The van der Waals surface area contributed by atoms with E-state index in [1.54, 1.807) is 44.4 Å². The molecule has 0 spiro atoms. The Bertz CT molecular complexity index is 1180. The lowest BCUT2D eigenvalue weighted by Gasteiger charge is -2.43. The predicted molar refractivity (Wildman–Crippen MR) is 163 cm³/mol. The SMILES string of the molecule is CN[C@H](C(=O)NC(C(=O)N(C)C/C=C(\C)C(=O)NS(=O)(=O)Cc1ccccc1)C(C)(C)C)C(C)(C)C1CCCCC1. The van der Waals surface area contributed by atoms with Crippen molar-refractivity contribution in [2.45, 2.75) is 91.5 Å². The third-order valence-electron chi connectivity index (χ3n) is 8.21. The van der Waals surface area contributed by atoms with Gasteiger partial charge in [0.2, 0.25) is 21.8 Å². The number of benzene rings is 1. The summed E-state index contributed by atoms with van der Waals surface area (Å²) in [7, 11) is -0.501. The van der Waals surface area contributed by atoms with Crippen molar-refractivity contribution >= 4 is 27.7 Å². The third kappa shape index (κ3) is 9.95. The van der Waals surface area contributed by atoms with E-state index in [0.29, 0.717) is 11.5 Å². The number of carbonyl (C=O) groups is 3. The molecule has 2 rings (SSSR count). The van der Waals surface area contributed by atoms with Gasteiger partial charge in [-0.15, -0.1) is 0 Å². The predicted octanol–water partition coefficient (Wildman–Crippen LogP) is 3.76. The van der Waals surface area contributed by atoms with E-state index in [1.165, 1.54) is 37.2 Å². The van der Waals surface area contributed by atoms with Gasteiger partial charge in [0.1, 0.15) is 6.04 Å². The first-order valence-corrected chi connectivity index (χ1v) is 16.1. The first-order chi connectivity index (χ1) is 19.0. The highest BCUT2D eigenvalue weighted by Gasteiger charge is 2.43. The molecule has 3 amide bonds. The minimum absolute atomic E-state index is 0.0717. The van der Waals surface area contributed by atoms with Crippen LogP contribution in [0.15, 0.2) is 42.0 Å². The molecule has 41 heavy (non-hydrogen) atoms. The van der Waals surface area contributed by atoms with Gasteiger partial charge in [-0.2, -0.15) is 0 Å². The lowest BCUT2D eigenvalue weighted by atomic mass is 9.66. The van der Waals surface area contributed by atoms with Crippen molar-refractivity contribution in [3.63, 3.8) is 0 Å². The molecule has 230 valence electrons. The molecule has 0 radical (unpaired) electrons. The number of rotatable bonds is 12. The lowest BCUT2D eigenvalue weighted by Crippen LogP contribution is -2.61. The highest BCUT2D eigenvalue weighted by atomic mass is 32.2. The molecule has 0 bridgehead atoms. The molecule has 1 fully saturated rings. The van der Waals surface area contributed by atoms with Crippen LogP contribution >= 0.6 is 0 Å². The van der Waals surface area contributed by atoms with Gasteiger partial charge < -0.3 is 15.5 Å². The van der Waals surface area contributed by atoms with Crippen LogP contribution in [-0.4, -0.2) is 63.8 Å². The van der Waals surface area contributed by atoms with Crippen LogP contribution in [0.2, 0.25) is 0 Å². The van der Waals surface area contributed by atoms with Crippen LogP contribution in [0.3, 0.4) is 0 Å². The summed E-state index contributed by atoms with van der Waals surface area (Å²) in [5.41, 5.74) is -0.125. The molecule has 3 N–H and O–H groups in total. The van der Waals surface area contributed by atoms with E-state index in [0.717, 1.165) is 12.8 Å². The number of hydrogen-bond donors (Lipinski definition) is 3. The molecule has 1 aliphatic carbocycles. The number of likely N-dealkylation sites (N-methyl/N-ethyl adjacent to an activating group) is 2. The summed E-state index contributed by atoms with van der Waals surface area (Å²) >= 11 is 0. The monoisotopic (exact) mass is 590 g/mol. The Morgan fingerprint density at radius 1 is 1.00 bits per heavy atom. The number of amides is 3. The van der Waals surface area contributed by atoms with Gasteiger partial charge in [-0.25, -0.2) is 13.1 Å². The first kappa shape index (κ1) is 34.5. The number of hydrogen-bond acceptors (Lipinski definition) is 6. The molecular formula is C31H50N4O5S. The summed E-state index contributed by atoms with van der Waals surface area (Å²) in [5, 5.41) is 6.24. The fourth-order valence-electron chi connectivity index (χ4n) is 5.53. The Hall–Kier alpha value is -2.72. The Morgan fingerprint density at radius 3 is 2.12 bits per heavy atom. The number of nitrogens with one attached hydrogen (secondary N) is 3. The second-order valence-corrected chi connectivity index (χ2v) is 14.7. The van der Waals surface area contributed by atoms with Crippen LogP contribution < -0.4 is 15.4 Å². The average Bonchev–Trinajstić information content (AvgIpc) is 2.89. The summed E-state index contributed by atoms with van der Waals surface area (Å²) in [4.78, 5) is 41.2. The molecule has 1 aromatic carbocycles. The molecule has 1 aliphatic rings. The smallest absolute Gasteiger partial charge is 0.260 e. The summed E-state index contributed by atoms with van der Waals surface area (Å²) in [6.45, 7) is 11.5. The van der Waals surface area contributed by atoms with Gasteiger partial charge in [-0.05, 0) is 49.1 Å². The largest absolute Gasteiger partial charge is 0.342 e. The molecule has 0 aromatic heterocycles. The normalized spacial score (nSPS) is 16.9. The summed E-state index contributed by atoms with van der Waals surface area (Å²) in [6.07, 6.45) is 7.27. The molecule has 1 unspecified atom stereocenters. The van der Waals surface area contributed by atoms with Gasteiger partial charge in [-0.1, -0.05) is 90.3 Å². The number of nitrogens with zero attached hydrogens (tertiary/aromatic N) is 1. The van der Waals surface area contributed by atoms with Crippen molar-refractivity contribution in [3.8, 4) is 0 Å². The van der Waals surface area contributed by atoms with Gasteiger partial charge in [0.25, 0.3) is 5.91 Å². The van der Waals surface area contributed by atoms with Crippen LogP contribution in [0.25, 0.3) is 0 Å². The molecule has 10 heteroatoms. The molecular weight excluding hydrogens is 540 g/mol. The van der Waals surface area contributed by atoms with E-state index in [4.69, 9.17) is 0 Å². The van der Waals surface area contributed by atoms with E-state index in [9.17, 15) is 22.8 Å². The Morgan fingerprint density at radius 2 is 1.59 bits per heavy atom. The van der Waals surface area contributed by atoms with Gasteiger partial charge >= 0.3 is 0 Å². The summed E-state index contributed by atoms with van der Waals surface area (Å²) in [6, 6.07) is 7.33. The van der Waals surface area contributed by atoms with Crippen molar-refractivity contribution in [2.24, 2.45) is 16.7 Å². The van der Waals surface area contributed by atoms with Crippen LogP contribution in [0.5, 0.6) is 0 Å². The second-order valence-electron chi connectivity index (χ2n) is 13.0. The number of carbonyl (C=O) groups excluding carboxylic acids is 3. The van der Waals surface area contributed by atoms with E-state index < -0.39 is 33.4 Å². The molecule has 0 heterocycles. The quantitative estimate of drug-likeness (QED) is 0.319. The maximum atomic E-state index is 13.6. The van der Waals surface area contributed by atoms with E-state index >= 15 is 0 Å². The average molecular weight is 591 g/mol. The summed E-state index contributed by atoms with van der Waals surface area (Å²) < 4.78 is 27.0. The maximum absolute atomic E-state index is 13.6. The standard InChI is InChI=1S/C31H50N4O5S/c1-22(27(36)34-41(39,40)21-23-15-11-9-12-16-23)19-20-35(8)29(38)26(30(2,3)4)33-28(37)25(32-7)31(5,6)24-17-13-10-14-18-24/h9,11-12,15-16,19,24-26,32H,10,13-14,17-18,20-21H2,1-8H3,(H,33,37)(H,34,36)/b22-19+/t25-,26?/m1/s1. The van der Waals surface area contributed by atoms with Crippen LogP contribution in [-0.2, 0) is 30.2 Å². The fraction of sp³-hybridized carbons (Fsp3) is 0.645. The van der Waals surface area contributed by atoms with Crippen molar-refractivity contribution in [3.05, 3.63) is 47.5 Å².